The molecular weight excluding hydrogens is 305 g/mol. The molecule has 0 spiro atoms. The molecule has 110 valence electrons. The summed E-state index contributed by atoms with van der Waals surface area (Å²) in [7, 11) is 0. The van der Waals surface area contributed by atoms with Crippen molar-refractivity contribution in [2.45, 2.75) is 13.8 Å². The molecule has 1 amide bonds. The Bertz CT molecular complexity index is 517. The van der Waals surface area contributed by atoms with Crippen LogP contribution >= 0.6 is 23.2 Å². The van der Waals surface area contributed by atoms with E-state index >= 15 is 0 Å². The Morgan fingerprint density at radius 3 is 2.50 bits per heavy atom. The van der Waals surface area contributed by atoms with Gasteiger partial charge in [0.05, 0.1) is 15.5 Å². The second-order valence-corrected chi connectivity index (χ2v) is 5.64. The zero-order chi connectivity index (χ0) is 15.3. The van der Waals surface area contributed by atoms with Crippen molar-refractivity contribution in [3.05, 3.63) is 28.2 Å². The number of carbonyl (C=O) groups is 2. The summed E-state index contributed by atoms with van der Waals surface area (Å²) in [5.41, 5.74) is -1.03. The number of carboxylic acids is 1. The Kier molecular flexibility index (Phi) is 5.65. The molecule has 0 aliphatic carbocycles. The van der Waals surface area contributed by atoms with Gasteiger partial charge >= 0.3 is 5.97 Å². The van der Waals surface area contributed by atoms with Crippen molar-refractivity contribution >= 4 is 35.1 Å². The van der Waals surface area contributed by atoms with Crippen LogP contribution in [0.25, 0.3) is 0 Å². The summed E-state index contributed by atoms with van der Waals surface area (Å²) in [4.78, 5) is 22.4. The predicted molar refractivity (Wildman–Crippen MR) is 76.4 cm³/mol. The summed E-state index contributed by atoms with van der Waals surface area (Å²) in [6, 6.07) is 4.64. The lowest BCUT2D eigenvalue weighted by molar-refractivity contribution is -0.146. The monoisotopic (exact) mass is 319 g/mol. The minimum Gasteiger partial charge on any atom is -0.484 e. The van der Waals surface area contributed by atoms with Crippen molar-refractivity contribution in [3.8, 4) is 5.75 Å². The first-order chi connectivity index (χ1) is 9.22. The van der Waals surface area contributed by atoms with Crippen LogP contribution in [0.1, 0.15) is 13.8 Å². The van der Waals surface area contributed by atoms with Gasteiger partial charge in [0.1, 0.15) is 5.75 Å². The molecule has 0 radical (unpaired) electrons. The van der Waals surface area contributed by atoms with Gasteiger partial charge in [-0.2, -0.15) is 0 Å². The summed E-state index contributed by atoms with van der Waals surface area (Å²) in [5.74, 6) is -0.986. The van der Waals surface area contributed by atoms with Gasteiger partial charge in [-0.25, -0.2) is 0 Å². The van der Waals surface area contributed by atoms with Crippen LogP contribution < -0.4 is 10.1 Å². The van der Waals surface area contributed by atoms with Crippen LogP contribution in [0.5, 0.6) is 5.75 Å². The Morgan fingerprint density at radius 2 is 1.95 bits per heavy atom. The minimum atomic E-state index is -1.03. The zero-order valence-corrected chi connectivity index (χ0v) is 12.6. The van der Waals surface area contributed by atoms with E-state index in [1.807, 2.05) is 0 Å². The van der Waals surface area contributed by atoms with Gasteiger partial charge in [0.25, 0.3) is 5.91 Å². The lowest BCUT2D eigenvalue weighted by atomic mass is 9.94. The number of halogens is 2. The lowest BCUT2D eigenvalue weighted by Gasteiger charge is -2.19. The molecule has 20 heavy (non-hydrogen) atoms. The van der Waals surface area contributed by atoms with Gasteiger partial charge in [-0.15, -0.1) is 0 Å². The third-order valence-corrected chi connectivity index (χ3v) is 3.31. The summed E-state index contributed by atoms with van der Waals surface area (Å²) >= 11 is 11.6. The molecule has 0 saturated carbocycles. The molecule has 0 aliphatic rings. The Labute approximate surface area is 126 Å². The van der Waals surface area contributed by atoms with E-state index in [9.17, 15) is 9.59 Å². The number of benzene rings is 1. The number of nitrogens with one attached hydrogen (secondary N) is 1. The lowest BCUT2D eigenvalue weighted by Crippen LogP contribution is -2.40. The highest BCUT2D eigenvalue weighted by Crippen LogP contribution is 2.26. The Morgan fingerprint density at radius 1 is 1.30 bits per heavy atom. The molecule has 0 heterocycles. The van der Waals surface area contributed by atoms with Crippen LogP contribution in [0, 0.1) is 5.41 Å². The number of hydrogen-bond donors (Lipinski definition) is 2. The molecule has 0 aromatic heterocycles. The van der Waals surface area contributed by atoms with Gasteiger partial charge in [0.15, 0.2) is 6.61 Å². The van der Waals surface area contributed by atoms with Gasteiger partial charge < -0.3 is 15.2 Å². The zero-order valence-electron chi connectivity index (χ0n) is 11.1. The van der Waals surface area contributed by atoms with Crippen molar-refractivity contribution in [1.82, 2.24) is 5.32 Å². The van der Waals surface area contributed by atoms with E-state index in [1.165, 1.54) is 19.9 Å². The van der Waals surface area contributed by atoms with Crippen LogP contribution in [0.3, 0.4) is 0 Å². The van der Waals surface area contributed by atoms with Crippen molar-refractivity contribution < 1.29 is 19.4 Å². The molecule has 0 bridgehead atoms. The highest BCUT2D eigenvalue weighted by molar-refractivity contribution is 6.42. The number of carbonyl (C=O) groups excluding carboxylic acids is 1. The highest BCUT2D eigenvalue weighted by atomic mass is 35.5. The topological polar surface area (TPSA) is 75.6 Å². The van der Waals surface area contributed by atoms with Gasteiger partial charge in [0.2, 0.25) is 0 Å². The van der Waals surface area contributed by atoms with Crippen LogP contribution in [0.4, 0.5) is 0 Å². The molecule has 7 heteroatoms. The summed E-state index contributed by atoms with van der Waals surface area (Å²) in [6.45, 7) is 2.84. The summed E-state index contributed by atoms with van der Waals surface area (Å²) < 4.78 is 5.23. The molecule has 2 N–H and O–H groups in total. The second-order valence-electron chi connectivity index (χ2n) is 4.83. The second kappa shape index (κ2) is 6.81. The maximum atomic E-state index is 11.5. The highest BCUT2D eigenvalue weighted by Gasteiger charge is 2.27. The van der Waals surface area contributed by atoms with Crippen LogP contribution in [-0.4, -0.2) is 30.1 Å². The van der Waals surface area contributed by atoms with Gasteiger partial charge in [-0.1, -0.05) is 23.2 Å². The van der Waals surface area contributed by atoms with Gasteiger partial charge in [0, 0.05) is 12.6 Å². The fourth-order valence-corrected chi connectivity index (χ4v) is 1.45. The SMILES string of the molecule is CC(C)(CNC(=O)COc1ccc(Cl)c(Cl)c1)C(=O)O. The number of hydrogen-bond acceptors (Lipinski definition) is 3. The van der Waals surface area contributed by atoms with Crippen molar-refractivity contribution in [2.75, 3.05) is 13.2 Å². The van der Waals surface area contributed by atoms with Crippen molar-refractivity contribution in [3.63, 3.8) is 0 Å². The normalized spacial score (nSPS) is 11.0. The molecule has 1 aromatic carbocycles. The van der Waals surface area contributed by atoms with E-state index < -0.39 is 17.3 Å². The Hall–Kier alpha value is -1.46. The molecule has 1 aromatic rings. The molecule has 5 nitrogen and oxygen atoms in total. The van der Waals surface area contributed by atoms with E-state index in [0.29, 0.717) is 15.8 Å². The molecule has 0 fully saturated rings. The number of rotatable bonds is 6. The first kappa shape index (κ1) is 16.6. The average molecular weight is 320 g/mol. The van der Waals surface area contributed by atoms with Gasteiger partial charge in [-0.3, -0.25) is 9.59 Å². The number of ether oxygens (including phenoxy) is 1. The fraction of sp³-hybridized carbons (Fsp3) is 0.385. The van der Waals surface area contributed by atoms with Crippen molar-refractivity contribution in [2.24, 2.45) is 5.41 Å². The molecular formula is C13H15Cl2NO4. The number of aliphatic carboxylic acids is 1. The third-order valence-electron chi connectivity index (χ3n) is 2.57. The average Bonchev–Trinajstić information content (AvgIpc) is 2.37. The Balaban J connectivity index is 2.44. The van der Waals surface area contributed by atoms with E-state index in [0.717, 1.165) is 0 Å². The van der Waals surface area contributed by atoms with Crippen LogP contribution in [0.2, 0.25) is 10.0 Å². The standard InChI is InChI=1S/C13H15Cl2NO4/c1-13(2,12(18)19)7-16-11(17)6-20-8-3-4-9(14)10(15)5-8/h3-5H,6-7H2,1-2H3,(H,16,17)(H,18,19). The molecule has 0 aliphatic heterocycles. The van der Waals surface area contributed by atoms with E-state index in [4.69, 9.17) is 33.0 Å². The maximum absolute atomic E-state index is 11.5. The molecule has 1 rings (SSSR count). The minimum absolute atomic E-state index is 0.0197. The quantitative estimate of drug-likeness (QED) is 0.845. The smallest absolute Gasteiger partial charge is 0.310 e. The molecule has 0 unspecified atom stereocenters. The van der Waals surface area contributed by atoms with E-state index in [-0.39, 0.29) is 13.2 Å². The first-order valence-corrected chi connectivity index (χ1v) is 6.56. The third kappa shape index (κ3) is 4.90. The van der Waals surface area contributed by atoms with Gasteiger partial charge in [-0.05, 0) is 26.0 Å². The van der Waals surface area contributed by atoms with E-state index in [2.05, 4.69) is 5.32 Å². The van der Waals surface area contributed by atoms with Crippen molar-refractivity contribution in [1.29, 1.82) is 0 Å². The van der Waals surface area contributed by atoms with E-state index in [1.54, 1.807) is 12.1 Å². The fourth-order valence-electron chi connectivity index (χ4n) is 1.16. The summed E-state index contributed by atoms with van der Waals surface area (Å²) in [6.07, 6.45) is 0. The number of carboxylic acid groups (broad SMARTS) is 1. The largest absolute Gasteiger partial charge is 0.484 e. The molecule has 0 atom stereocenters. The van der Waals surface area contributed by atoms with Crippen LogP contribution in [0.15, 0.2) is 18.2 Å². The first-order valence-electron chi connectivity index (χ1n) is 5.80. The summed E-state index contributed by atoms with van der Waals surface area (Å²) in [5, 5.41) is 12.1. The maximum Gasteiger partial charge on any atom is 0.310 e. The number of amides is 1. The van der Waals surface area contributed by atoms with Crippen LogP contribution in [-0.2, 0) is 9.59 Å². The molecule has 0 saturated heterocycles. The predicted octanol–water partition coefficient (Wildman–Crippen LogP) is 2.60.